The van der Waals surface area contributed by atoms with E-state index in [1.165, 1.54) is 0 Å². The van der Waals surface area contributed by atoms with E-state index in [9.17, 15) is 4.21 Å². The van der Waals surface area contributed by atoms with Crippen LogP contribution in [0.1, 0.15) is 13.8 Å². The van der Waals surface area contributed by atoms with Crippen molar-refractivity contribution in [2.75, 3.05) is 0 Å². The van der Waals surface area contributed by atoms with Gasteiger partial charge in [0.2, 0.25) is 0 Å². The monoisotopic (exact) mass is 126 g/mol. The van der Waals surface area contributed by atoms with Gasteiger partial charge in [-0.25, -0.2) is 4.21 Å². The van der Waals surface area contributed by atoms with Crippen LogP contribution in [0.3, 0.4) is 0 Å². The maximum absolute atomic E-state index is 10.0. The molecule has 0 aromatic heterocycles. The second-order valence-corrected chi connectivity index (χ2v) is 3.65. The lowest BCUT2D eigenvalue weighted by Crippen LogP contribution is -1.95. The lowest BCUT2D eigenvalue weighted by Gasteiger charge is -1.89. The van der Waals surface area contributed by atoms with Gasteiger partial charge in [0.15, 0.2) is 0 Å². The Bertz CT molecular complexity index is 61.8. The van der Waals surface area contributed by atoms with Crippen LogP contribution in [0.25, 0.3) is 0 Å². The van der Waals surface area contributed by atoms with E-state index in [-0.39, 0.29) is 5.25 Å². The Kier molecular flexibility index (Phi) is 2.78. The zero-order valence-corrected chi connectivity index (χ0v) is 5.34. The molecule has 3 heteroatoms. The predicted molar refractivity (Wildman–Crippen MR) is 29.1 cm³/mol. The van der Waals surface area contributed by atoms with Crippen LogP contribution in [-0.4, -0.2) is 9.46 Å². The van der Waals surface area contributed by atoms with E-state index in [4.69, 9.17) is 10.7 Å². The molecule has 0 aromatic rings. The van der Waals surface area contributed by atoms with Crippen molar-refractivity contribution in [1.29, 1.82) is 0 Å². The summed E-state index contributed by atoms with van der Waals surface area (Å²) in [5, 5.41) is 0.0895. The van der Waals surface area contributed by atoms with Crippen molar-refractivity contribution in [2.45, 2.75) is 19.1 Å². The largest absolute Gasteiger partial charge is 0.242 e. The van der Waals surface area contributed by atoms with Crippen LogP contribution in [0.2, 0.25) is 0 Å². The molecule has 1 unspecified atom stereocenters. The first-order chi connectivity index (χ1) is 2.64. The van der Waals surface area contributed by atoms with Gasteiger partial charge in [-0.3, -0.25) is 0 Å². The van der Waals surface area contributed by atoms with Crippen molar-refractivity contribution in [3.05, 3.63) is 0 Å². The highest BCUT2D eigenvalue weighted by Crippen LogP contribution is 1.96. The van der Waals surface area contributed by atoms with Crippen molar-refractivity contribution < 1.29 is 4.21 Å². The summed E-state index contributed by atoms with van der Waals surface area (Å²) in [5.41, 5.74) is 0. The molecule has 0 aliphatic carbocycles. The summed E-state index contributed by atoms with van der Waals surface area (Å²) in [5.74, 6) is 0. The van der Waals surface area contributed by atoms with E-state index in [1.807, 2.05) is 13.8 Å². The van der Waals surface area contributed by atoms with Crippen molar-refractivity contribution in [2.24, 2.45) is 0 Å². The lowest BCUT2D eigenvalue weighted by molar-refractivity contribution is 0.685. The Morgan fingerprint density at radius 3 is 1.83 bits per heavy atom. The first-order valence-corrected chi connectivity index (χ1v) is 3.75. The smallest absolute Gasteiger partial charge is 0.117 e. The average Bonchev–Trinajstić information content (AvgIpc) is 1.36. The highest BCUT2D eigenvalue weighted by Gasteiger charge is 1.96. The molecule has 0 saturated carbocycles. The third-order valence-electron chi connectivity index (χ3n) is 0.371. The first-order valence-electron chi connectivity index (χ1n) is 1.71. The molecule has 0 aliphatic rings. The second kappa shape index (κ2) is 2.59. The molecular weight excluding hydrogens is 120 g/mol. The van der Waals surface area contributed by atoms with Gasteiger partial charge in [-0.15, -0.1) is 0 Å². The van der Waals surface area contributed by atoms with Gasteiger partial charge in [-0.2, -0.15) is 0 Å². The van der Waals surface area contributed by atoms with Gasteiger partial charge >= 0.3 is 0 Å². The van der Waals surface area contributed by atoms with Crippen LogP contribution < -0.4 is 0 Å². The third kappa shape index (κ3) is 2.67. The molecule has 0 heterocycles. The number of halogens is 1. The zero-order valence-electron chi connectivity index (χ0n) is 3.77. The summed E-state index contributed by atoms with van der Waals surface area (Å²) in [6.07, 6.45) is 0. The lowest BCUT2D eigenvalue weighted by atomic mass is 10.6. The molecule has 0 amide bonds. The van der Waals surface area contributed by atoms with Gasteiger partial charge in [-0.1, -0.05) is 0 Å². The molecule has 0 rings (SSSR count). The van der Waals surface area contributed by atoms with Gasteiger partial charge < -0.3 is 0 Å². The number of rotatable bonds is 1. The molecule has 1 atom stereocenters. The zero-order chi connectivity index (χ0) is 5.15. The summed E-state index contributed by atoms with van der Waals surface area (Å²) >= 11 is 0. The number of hydrogen-bond donors (Lipinski definition) is 0. The van der Waals surface area contributed by atoms with Crippen LogP contribution >= 0.6 is 10.7 Å². The normalized spacial score (nSPS) is 15.3. The fourth-order valence-electron chi connectivity index (χ4n) is 0. The molecule has 0 spiro atoms. The molecule has 0 radical (unpaired) electrons. The molecule has 0 saturated heterocycles. The molecule has 0 N–H and O–H groups in total. The Labute approximate surface area is 44.7 Å². The van der Waals surface area contributed by atoms with E-state index >= 15 is 0 Å². The van der Waals surface area contributed by atoms with E-state index in [1.54, 1.807) is 0 Å². The van der Waals surface area contributed by atoms with E-state index in [0.29, 0.717) is 0 Å². The van der Waals surface area contributed by atoms with Gasteiger partial charge in [0.05, 0.1) is 0 Å². The average molecular weight is 127 g/mol. The van der Waals surface area contributed by atoms with Crippen LogP contribution in [0.5, 0.6) is 0 Å². The van der Waals surface area contributed by atoms with Crippen LogP contribution in [0.4, 0.5) is 0 Å². The molecule has 38 valence electrons. The van der Waals surface area contributed by atoms with Crippen molar-refractivity contribution in [1.82, 2.24) is 0 Å². The standard InChI is InChI=1S/C3H7ClOS/c1-3(2)6(4)5/h3H,1-2H3. The molecule has 0 aromatic carbocycles. The van der Waals surface area contributed by atoms with E-state index < -0.39 is 10.0 Å². The Morgan fingerprint density at radius 2 is 1.83 bits per heavy atom. The Morgan fingerprint density at radius 1 is 1.67 bits per heavy atom. The second-order valence-electron chi connectivity index (χ2n) is 1.30. The van der Waals surface area contributed by atoms with Crippen molar-refractivity contribution in [3.8, 4) is 0 Å². The van der Waals surface area contributed by atoms with Crippen LogP contribution in [0.15, 0.2) is 0 Å². The van der Waals surface area contributed by atoms with E-state index in [0.717, 1.165) is 0 Å². The quantitative estimate of drug-likeness (QED) is 0.484. The van der Waals surface area contributed by atoms with E-state index in [2.05, 4.69) is 0 Å². The minimum Gasteiger partial charge on any atom is -0.242 e. The summed E-state index contributed by atoms with van der Waals surface area (Å²) in [7, 11) is 3.94. The summed E-state index contributed by atoms with van der Waals surface area (Å²) in [6, 6.07) is 0. The topological polar surface area (TPSA) is 17.1 Å². The first kappa shape index (κ1) is 6.44. The fourth-order valence-corrected chi connectivity index (χ4v) is 0. The van der Waals surface area contributed by atoms with Crippen LogP contribution in [-0.2, 0) is 10.0 Å². The minimum absolute atomic E-state index is 0.0895. The predicted octanol–water partition coefficient (Wildman–Crippen LogP) is 1.30. The molecule has 0 fully saturated rings. The molecule has 0 bridgehead atoms. The van der Waals surface area contributed by atoms with Crippen molar-refractivity contribution in [3.63, 3.8) is 0 Å². The highest BCUT2D eigenvalue weighted by molar-refractivity contribution is 8.08. The summed E-state index contributed by atoms with van der Waals surface area (Å²) in [6.45, 7) is 3.62. The van der Waals surface area contributed by atoms with Gasteiger partial charge in [0.25, 0.3) is 0 Å². The highest BCUT2D eigenvalue weighted by atomic mass is 35.7. The van der Waals surface area contributed by atoms with Gasteiger partial charge in [-0.05, 0) is 24.5 Å². The SMILES string of the molecule is CC(C)S(=O)Cl. The van der Waals surface area contributed by atoms with Gasteiger partial charge in [0.1, 0.15) is 10.0 Å². The molecule has 0 aliphatic heterocycles. The minimum atomic E-state index is -1.15. The number of hydrogen-bond acceptors (Lipinski definition) is 1. The van der Waals surface area contributed by atoms with Crippen molar-refractivity contribution >= 4 is 20.7 Å². The maximum Gasteiger partial charge on any atom is 0.117 e. The summed E-state index contributed by atoms with van der Waals surface area (Å²) in [4.78, 5) is 0. The molecular formula is C3H7ClOS. The fraction of sp³-hybridized carbons (Fsp3) is 1.00. The maximum atomic E-state index is 10.0. The third-order valence-corrected chi connectivity index (χ3v) is 2.18. The Balaban J connectivity index is 3.26. The summed E-state index contributed by atoms with van der Waals surface area (Å²) < 4.78 is 10.0. The molecule has 6 heavy (non-hydrogen) atoms. The van der Waals surface area contributed by atoms with Crippen LogP contribution in [0, 0.1) is 0 Å². The molecule has 1 nitrogen and oxygen atoms in total. The Hall–Kier alpha value is 0.440. The van der Waals surface area contributed by atoms with Gasteiger partial charge in [0, 0.05) is 5.25 Å².